The maximum atomic E-state index is 12.7. The summed E-state index contributed by atoms with van der Waals surface area (Å²) in [7, 11) is 0. The Hall–Kier alpha value is -3.26. The molecule has 0 bridgehead atoms. The van der Waals surface area contributed by atoms with Gasteiger partial charge in [0.25, 0.3) is 0 Å². The van der Waals surface area contributed by atoms with Gasteiger partial charge in [0.2, 0.25) is 23.6 Å². The van der Waals surface area contributed by atoms with Crippen molar-refractivity contribution < 1.29 is 44.1 Å². The molecule has 0 fully saturated rings. The number of carbonyl (C=O) groups excluding carboxylic acids is 4. The largest absolute Gasteiger partial charge is 0.481 e. The van der Waals surface area contributed by atoms with E-state index < -0.39 is 71.8 Å². The molecule has 0 aliphatic heterocycles. The summed E-state index contributed by atoms with van der Waals surface area (Å²) in [4.78, 5) is 70.3. The third-order valence-electron chi connectivity index (χ3n) is 4.61. The summed E-state index contributed by atoms with van der Waals surface area (Å²) >= 11 is 0. The highest BCUT2D eigenvalue weighted by molar-refractivity contribution is 5.94. The average Bonchev–Trinajstić information content (AvgIpc) is 2.69. The normalized spacial score (nSPS) is 15.5. The van der Waals surface area contributed by atoms with Crippen molar-refractivity contribution in [2.75, 3.05) is 0 Å². The average molecular weight is 475 g/mol. The topological polar surface area (TPSA) is 251 Å². The molecule has 0 radical (unpaired) electrons. The monoisotopic (exact) mass is 475 g/mol. The first-order valence-electron chi connectivity index (χ1n) is 10.2. The van der Waals surface area contributed by atoms with Gasteiger partial charge in [0, 0.05) is 12.8 Å². The molecule has 0 aromatic heterocycles. The first kappa shape index (κ1) is 29.7. The van der Waals surface area contributed by atoms with Crippen molar-refractivity contribution >= 4 is 35.6 Å². The second-order valence-corrected chi connectivity index (χ2v) is 7.90. The van der Waals surface area contributed by atoms with Crippen molar-refractivity contribution in [1.29, 1.82) is 0 Å². The predicted molar refractivity (Wildman–Crippen MR) is 113 cm³/mol. The van der Waals surface area contributed by atoms with Crippen molar-refractivity contribution in [2.45, 2.75) is 76.7 Å². The Morgan fingerprint density at radius 2 is 1.30 bits per heavy atom. The van der Waals surface area contributed by atoms with E-state index in [4.69, 9.17) is 16.6 Å². The van der Waals surface area contributed by atoms with E-state index in [1.54, 1.807) is 13.8 Å². The summed E-state index contributed by atoms with van der Waals surface area (Å²) < 4.78 is 0. The first-order chi connectivity index (χ1) is 15.2. The van der Waals surface area contributed by atoms with Crippen molar-refractivity contribution in [3.8, 4) is 0 Å². The molecule has 0 aliphatic carbocycles. The van der Waals surface area contributed by atoms with Crippen molar-refractivity contribution in [3.05, 3.63) is 0 Å². The lowest BCUT2D eigenvalue weighted by molar-refractivity contribution is -0.143. The smallest absolute Gasteiger partial charge is 0.326 e. The third kappa shape index (κ3) is 11.2. The Labute approximate surface area is 190 Å². The number of aliphatic hydroxyl groups excluding tert-OH is 1. The third-order valence-corrected chi connectivity index (χ3v) is 4.61. The minimum absolute atomic E-state index is 0.159. The second-order valence-electron chi connectivity index (χ2n) is 7.90. The molecule has 0 rings (SSSR count). The number of aliphatic carboxylic acids is 2. The number of carbonyl (C=O) groups is 6. The van der Waals surface area contributed by atoms with Gasteiger partial charge in [-0.15, -0.1) is 0 Å². The first-order valence-corrected chi connectivity index (χ1v) is 10.2. The Morgan fingerprint density at radius 1 is 0.788 bits per heavy atom. The Morgan fingerprint density at radius 3 is 1.73 bits per heavy atom. The number of nitrogens with one attached hydrogen (secondary N) is 3. The fraction of sp³-hybridized carbons (Fsp3) is 0.684. The lowest BCUT2D eigenvalue weighted by atomic mass is 10.0. The fourth-order valence-corrected chi connectivity index (χ4v) is 2.66. The number of rotatable bonds is 15. The van der Waals surface area contributed by atoms with Gasteiger partial charge in [-0.25, -0.2) is 4.79 Å². The minimum Gasteiger partial charge on any atom is -0.481 e. The van der Waals surface area contributed by atoms with Crippen LogP contribution in [0.3, 0.4) is 0 Å². The van der Waals surface area contributed by atoms with Gasteiger partial charge in [0.1, 0.15) is 18.1 Å². The Balaban J connectivity index is 5.32. The fourth-order valence-electron chi connectivity index (χ4n) is 2.66. The molecule has 0 saturated carbocycles. The van der Waals surface area contributed by atoms with E-state index in [0.29, 0.717) is 0 Å². The maximum Gasteiger partial charge on any atom is 0.326 e. The van der Waals surface area contributed by atoms with Gasteiger partial charge >= 0.3 is 11.9 Å². The van der Waals surface area contributed by atoms with Crippen molar-refractivity contribution in [1.82, 2.24) is 16.0 Å². The molecule has 4 amide bonds. The SMILES string of the molecule is CC(C)C(NC(=O)C(N)CCC(=O)O)C(=O)NC(C(=O)NC(CCC(N)=O)C(=O)O)C(C)O. The van der Waals surface area contributed by atoms with E-state index in [-0.39, 0.29) is 25.7 Å². The van der Waals surface area contributed by atoms with Gasteiger partial charge in [-0.2, -0.15) is 0 Å². The number of primary amides is 1. The maximum absolute atomic E-state index is 12.7. The van der Waals surface area contributed by atoms with Crippen LogP contribution < -0.4 is 27.4 Å². The zero-order valence-corrected chi connectivity index (χ0v) is 18.7. The molecule has 0 spiro atoms. The number of nitrogens with two attached hydrogens (primary N) is 2. The van der Waals surface area contributed by atoms with Gasteiger partial charge < -0.3 is 42.7 Å². The quantitative estimate of drug-likeness (QED) is 0.119. The van der Waals surface area contributed by atoms with Gasteiger partial charge in [0.15, 0.2) is 0 Å². The zero-order valence-electron chi connectivity index (χ0n) is 18.7. The molecule has 0 saturated heterocycles. The van der Waals surface area contributed by atoms with Gasteiger partial charge in [0.05, 0.1) is 12.1 Å². The van der Waals surface area contributed by atoms with Crippen LogP contribution in [0.25, 0.3) is 0 Å². The second kappa shape index (κ2) is 14.0. The van der Waals surface area contributed by atoms with E-state index in [1.165, 1.54) is 6.92 Å². The number of carboxylic acids is 2. The molecule has 0 heterocycles. The molecule has 14 heteroatoms. The number of aliphatic hydroxyl groups is 1. The Bertz CT molecular complexity index is 741. The van der Waals surface area contributed by atoms with E-state index >= 15 is 0 Å². The molecule has 5 unspecified atom stereocenters. The summed E-state index contributed by atoms with van der Waals surface area (Å²) in [5.74, 6) is -6.49. The molecule has 0 aromatic carbocycles. The minimum atomic E-state index is -1.58. The number of carboxylic acid groups (broad SMARTS) is 2. The lowest BCUT2D eigenvalue weighted by Crippen LogP contribution is -2.60. The molecule has 33 heavy (non-hydrogen) atoms. The highest BCUT2D eigenvalue weighted by Gasteiger charge is 2.33. The summed E-state index contributed by atoms with van der Waals surface area (Å²) in [6.07, 6.45) is -2.56. The highest BCUT2D eigenvalue weighted by Crippen LogP contribution is 2.06. The number of hydrogen-bond acceptors (Lipinski definition) is 8. The van der Waals surface area contributed by atoms with Crippen LogP contribution in [0.15, 0.2) is 0 Å². The van der Waals surface area contributed by atoms with Crippen LogP contribution in [0.1, 0.15) is 46.5 Å². The van der Waals surface area contributed by atoms with Crippen LogP contribution in [-0.2, 0) is 28.8 Å². The van der Waals surface area contributed by atoms with E-state index in [9.17, 15) is 39.0 Å². The van der Waals surface area contributed by atoms with Gasteiger partial charge in [-0.05, 0) is 25.7 Å². The molecule has 188 valence electrons. The molecule has 10 N–H and O–H groups in total. The Kier molecular flexibility index (Phi) is 12.6. The number of amides is 4. The summed E-state index contributed by atoms with van der Waals surface area (Å²) in [5.41, 5.74) is 10.6. The summed E-state index contributed by atoms with van der Waals surface area (Å²) in [6, 6.07) is -5.44. The zero-order chi connectivity index (χ0) is 25.9. The van der Waals surface area contributed by atoms with E-state index in [2.05, 4.69) is 16.0 Å². The number of hydrogen-bond donors (Lipinski definition) is 8. The van der Waals surface area contributed by atoms with Crippen LogP contribution in [0.2, 0.25) is 0 Å². The van der Waals surface area contributed by atoms with Gasteiger partial charge in [-0.3, -0.25) is 24.0 Å². The van der Waals surface area contributed by atoms with Crippen LogP contribution >= 0.6 is 0 Å². The van der Waals surface area contributed by atoms with Crippen molar-refractivity contribution in [3.63, 3.8) is 0 Å². The lowest BCUT2D eigenvalue weighted by Gasteiger charge is -2.28. The summed E-state index contributed by atoms with van der Waals surface area (Å²) in [6.45, 7) is 4.37. The van der Waals surface area contributed by atoms with Gasteiger partial charge in [-0.1, -0.05) is 13.8 Å². The summed E-state index contributed by atoms with van der Waals surface area (Å²) in [5, 5.41) is 34.6. The predicted octanol–water partition coefficient (Wildman–Crippen LogP) is -2.98. The van der Waals surface area contributed by atoms with Crippen LogP contribution in [0, 0.1) is 5.92 Å². The molecule has 0 aliphatic rings. The standard InChI is InChI=1S/C19H33N5O9/c1-8(2)14(23-16(29)10(20)4-7-13(27)28)17(30)24-15(9(3)25)18(31)22-11(19(32)33)5-6-12(21)26/h8-11,14-15,25H,4-7,20H2,1-3H3,(H2,21,26)(H,22,31)(H,23,29)(H,24,30)(H,27,28)(H,32,33). The van der Waals surface area contributed by atoms with Crippen molar-refractivity contribution in [2.24, 2.45) is 17.4 Å². The molecular formula is C19H33N5O9. The van der Waals surface area contributed by atoms with E-state index in [1.807, 2.05) is 0 Å². The molecule has 14 nitrogen and oxygen atoms in total. The highest BCUT2D eigenvalue weighted by atomic mass is 16.4. The van der Waals surface area contributed by atoms with Crippen LogP contribution in [0.5, 0.6) is 0 Å². The molecule has 5 atom stereocenters. The van der Waals surface area contributed by atoms with Crippen LogP contribution in [0.4, 0.5) is 0 Å². The molecule has 0 aromatic rings. The van der Waals surface area contributed by atoms with E-state index in [0.717, 1.165) is 0 Å². The van der Waals surface area contributed by atoms with Crippen LogP contribution in [-0.4, -0.2) is 81.2 Å². The molecular weight excluding hydrogens is 442 g/mol.